The smallest absolute Gasteiger partial charge is 0.329 e. The maximum absolute atomic E-state index is 11.5. The van der Waals surface area contributed by atoms with Crippen molar-refractivity contribution in [2.24, 2.45) is 0 Å². The van der Waals surface area contributed by atoms with Gasteiger partial charge in [-0.25, -0.2) is 9.78 Å². The predicted octanol–water partition coefficient (Wildman–Crippen LogP) is 0.618. The van der Waals surface area contributed by atoms with Gasteiger partial charge in [-0.15, -0.1) is 0 Å². The Kier molecular flexibility index (Phi) is 3.70. The molecule has 2 heterocycles. The molecule has 9 nitrogen and oxygen atoms in total. The molecule has 0 aliphatic carbocycles. The summed E-state index contributed by atoms with van der Waals surface area (Å²) in [6, 6.07) is 2.54. The van der Waals surface area contributed by atoms with Gasteiger partial charge < -0.3 is 20.9 Å². The standard InChI is InChI=1S/C11H14N4O5/c12-9-7(15(18)19)1-2-8(13-9)14-11(10(16)17)3-5-20-6-4-11/h1-2H,3-6H2,(H,16,17)(H3,12,13,14). The highest BCUT2D eigenvalue weighted by Crippen LogP contribution is 2.28. The Morgan fingerprint density at radius 2 is 2.15 bits per heavy atom. The number of carboxylic acid groups (broad SMARTS) is 1. The molecule has 9 heteroatoms. The van der Waals surface area contributed by atoms with Crippen LogP contribution in [0.2, 0.25) is 0 Å². The van der Waals surface area contributed by atoms with Crippen molar-refractivity contribution in [3.8, 4) is 0 Å². The van der Waals surface area contributed by atoms with E-state index >= 15 is 0 Å². The van der Waals surface area contributed by atoms with E-state index in [0.29, 0.717) is 13.2 Å². The highest BCUT2D eigenvalue weighted by Gasteiger charge is 2.40. The van der Waals surface area contributed by atoms with E-state index in [4.69, 9.17) is 10.5 Å². The molecule has 1 fully saturated rings. The van der Waals surface area contributed by atoms with Crippen LogP contribution in [0.5, 0.6) is 0 Å². The molecule has 0 atom stereocenters. The number of aliphatic carboxylic acids is 1. The van der Waals surface area contributed by atoms with Gasteiger partial charge in [0.15, 0.2) is 0 Å². The number of hydrogen-bond acceptors (Lipinski definition) is 7. The average Bonchev–Trinajstić information content (AvgIpc) is 2.39. The lowest BCUT2D eigenvalue weighted by Gasteiger charge is -2.34. The summed E-state index contributed by atoms with van der Waals surface area (Å²) >= 11 is 0. The van der Waals surface area contributed by atoms with Crippen LogP contribution in [0.1, 0.15) is 12.8 Å². The van der Waals surface area contributed by atoms with E-state index < -0.39 is 16.4 Å². The SMILES string of the molecule is Nc1nc(NC2(C(=O)O)CCOCC2)ccc1[N+](=O)[O-]. The first-order chi connectivity index (χ1) is 9.44. The maximum atomic E-state index is 11.5. The second-order valence-corrected chi connectivity index (χ2v) is 4.48. The first-order valence-corrected chi connectivity index (χ1v) is 5.95. The van der Waals surface area contributed by atoms with Crippen LogP contribution in [0.15, 0.2) is 12.1 Å². The zero-order valence-electron chi connectivity index (χ0n) is 10.5. The summed E-state index contributed by atoms with van der Waals surface area (Å²) in [7, 11) is 0. The second-order valence-electron chi connectivity index (χ2n) is 4.48. The van der Waals surface area contributed by atoms with E-state index in [1.165, 1.54) is 12.1 Å². The van der Waals surface area contributed by atoms with Crippen LogP contribution in [0.4, 0.5) is 17.3 Å². The predicted molar refractivity (Wildman–Crippen MR) is 69.3 cm³/mol. The Morgan fingerprint density at radius 3 is 2.65 bits per heavy atom. The van der Waals surface area contributed by atoms with E-state index in [2.05, 4.69) is 10.3 Å². The molecule has 1 saturated heterocycles. The van der Waals surface area contributed by atoms with Crippen molar-refractivity contribution in [1.29, 1.82) is 0 Å². The van der Waals surface area contributed by atoms with Crippen molar-refractivity contribution in [3.63, 3.8) is 0 Å². The number of nitrogen functional groups attached to an aromatic ring is 1. The van der Waals surface area contributed by atoms with Crippen molar-refractivity contribution in [2.45, 2.75) is 18.4 Å². The quantitative estimate of drug-likeness (QED) is 0.539. The number of carbonyl (C=O) groups is 1. The van der Waals surface area contributed by atoms with Crippen LogP contribution in [-0.2, 0) is 9.53 Å². The fourth-order valence-electron chi connectivity index (χ4n) is 2.05. The fraction of sp³-hybridized carbons (Fsp3) is 0.455. The molecule has 0 bridgehead atoms. The molecule has 0 spiro atoms. The Morgan fingerprint density at radius 1 is 1.50 bits per heavy atom. The van der Waals surface area contributed by atoms with Crippen LogP contribution in [0.25, 0.3) is 0 Å². The Labute approximate surface area is 113 Å². The topological polar surface area (TPSA) is 141 Å². The molecule has 0 unspecified atom stereocenters. The van der Waals surface area contributed by atoms with Gasteiger partial charge in [-0.2, -0.15) is 0 Å². The number of pyridine rings is 1. The molecular weight excluding hydrogens is 268 g/mol. The van der Waals surface area contributed by atoms with E-state index in [0.717, 1.165) is 0 Å². The van der Waals surface area contributed by atoms with Crippen molar-refractivity contribution >= 4 is 23.3 Å². The third-order valence-electron chi connectivity index (χ3n) is 3.22. The zero-order valence-corrected chi connectivity index (χ0v) is 10.5. The average molecular weight is 282 g/mol. The first kappa shape index (κ1) is 14.0. The largest absolute Gasteiger partial charge is 0.480 e. The van der Waals surface area contributed by atoms with Crippen LogP contribution >= 0.6 is 0 Å². The number of nitro groups is 1. The molecule has 1 aliphatic rings. The molecule has 4 N–H and O–H groups in total. The normalized spacial score (nSPS) is 17.4. The van der Waals surface area contributed by atoms with E-state index in [1.54, 1.807) is 0 Å². The number of nitrogens with two attached hydrogens (primary N) is 1. The van der Waals surface area contributed by atoms with Crippen LogP contribution in [-0.4, -0.2) is 39.7 Å². The van der Waals surface area contributed by atoms with Gasteiger partial charge in [0.1, 0.15) is 11.4 Å². The lowest BCUT2D eigenvalue weighted by atomic mass is 9.90. The number of anilines is 2. The first-order valence-electron chi connectivity index (χ1n) is 5.95. The van der Waals surface area contributed by atoms with Gasteiger partial charge in [0.25, 0.3) is 0 Å². The van der Waals surface area contributed by atoms with Crippen molar-refractivity contribution in [2.75, 3.05) is 24.3 Å². The number of nitrogens with one attached hydrogen (secondary N) is 1. The third-order valence-corrected chi connectivity index (χ3v) is 3.22. The summed E-state index contributed by atoms with van der Waals surface area (Å²) in [4.78, 5) is 25.3. The number of aromatic nitrogens is 1. The van der Waals surface area contributed by atoms with Gasteiger partial charge in [-0.1, -0.05) is 0 Å². The summed E-state index contributed by atoms with van der Waals surface area (Å²) in [6.07, 6.45) is 0.557. The third kappa shape index (κ3) is 2.62. The van der Waals surface area contributed by atoms with E-state index in [1.807, 2.05) is 0 Å². The minimum absolute atomic E-state index is 0.192. The lowest BCUT2D eigenvalue weighted by Crippen LogP contribution is -2.50. The summed E-state index contributed by atoms with van der Waals surface area (Å²) in [5, 5.41) is 22.8. The summed E-state index contributed by atoms with van der Waals surface area (Å²) in [5.74, 6) is -1.08. The Balaban J connectivity index is 2.25. The lowest BCUT2D eigenvalue weighted by molar-refractivity contribution is -0.384. The minimum Gasteiger partial charge on any atom is -0.480 e. The summed E-state index contributed by atoms with van der Waals surface area (Å²) < 4.78 is 5.15. The van der Waals surface area contributed by atoms with E-state index in [9.17, 15) is 20.0 Å². The van der Waals surface area contributed by atoms with Gasteiger partial charge in [0, 0.05) is 32.1 Å². The van der Waals surface area contributed by atoms with Crippen LogP contribution < -0.4 is 11.1 Å². The Bertz CT molecular complexity index is 542. The van der Waals surface area contributed by atoms with Crippen molar-refractivity contribution in [3.05, 3.63) is 22.2 Å². The number of carboxylic acids is 1. The second kappa shape index (κ2) is 5.29. The summed E-state index contributed by atoms with van der Waals surface area (Å²) in [5.41, 5.74) is 3.98. The van der Waals surface area contributed by atoms with E-state index in [-0.39, 0.29) is 30.2 Å². The van der Waals surface area contributed by atoms with Crippen LogP contribution in [0, 0.1) is 10.1 Å². The maximum Gasteiger partial charge on any atom is 0.329 e. The van der Waals surface area contributed by atoms with Crippen molar-refractivity contribution < 1.29 is 19.6 Å². The van der Waals surface area contributed by atoms with Gasteiger partial charge >= 0.3 is 11.7 Å². The molecule has 20 heavy (non-hydrogen) atoms. The Hall–Kier alpha value is -2.42. The molecule has 0 radical (unpaired) electrons. The number of ether oxygens (including phenoxy) is 1. The highest BCUT2D eigenvalue weighted by atomic mass is 16.6. The zero-order chi connectivity index (χ0) is 14.8. The summed E-state index contributed by atoms with van der Waals surface area (Å²) in [6.45, 7) is 0.642. The monoisotopic (exact) mass is 282 g/mol. The molecular formula is C11H14N4O5. The molecule has 1 aromatic heterocycles. The number of nitrogens with zero attached hydrogens (tertiary/aromatic N) is 2. The van der Waals surface area contributed by atoms with Gasteiger partial charge in [0.05, 0.1) is 4.92 Å². The fourth-order valence-corrected chi connectivity index (χ4v) is 2.05. The van der Waals surface area contributed by atoms with Gasteiger partial charge in [-0.05, 0) is 6.07 Å². The molecule has 108 valence electrons. The molecule has 1 aliphatic heterocycles. The van der Waals surface area contributed by atoms with Crippen LogP contribution in [0.3, 0.4) is 0 Å². The molecule has 0 saturated carbocycles. The minimum atomic E-state index is -1.19. The number of hydrogen-bond donors (Lipinski definition) is 3. The van der Waals surface area contributed by atoms with Gasteiger partial charge in [0.2, 0.25) is 5.82 Å². The molecule has 0 aromatic carbocycles. The van der Waals surface area contributed by atoms with Crippen molar-refractivity contribution in [1.82, 2.24) is 4.98 Å². The highest BCUT2D eigenvalue weighted by molar-refractivity contribution is 5.82. The number of rotatable bonds is 4. The molecule has 0 amide bonds. The molecule has 1 aromatic rings. The van der Waals surface area contributed by atoms with Gasteiger partial charge in [-0.3, -0.25) is 10.1 Å². The molecule has 2 rings (SSSR count).